The van der Waals surface area contributed by atoms with Gasteiger partial charge < -0.3 is 9.26 Å². The maximum atomic E-state index is 5.51. The van der Waals surface area contributed by atoms with Crippen LogP contribution in [0.5, 0.6) is 5.75 Å². The van der Waals surface area contributed by atoms with E-state index >= 15 is 0 Å². The molecule has 0 bridgehead atoms. The van der Waals surface area contributed by atoms with E-state index in [4.69, 9.17) is 21.5 Å². The lowest BCUT2D eigenvalue weighted by molar-refractivity contribution is 0.273. The first kappa shape index (κ1) is 9.11. The summed E-state index contributed by atoms with van der Waals surface area (Å²) in [6.45, 7) is 0.384. The fourth-order valence-electron chi connectivity index (χ4n) is 1.54. The van der Waals surface area contributed by atoms with E-state index in [9.17, 15) is 0 Å². The van der Waals surface area contributed by atoms with E-state index in [0.717, 1.165) is 15.9 Å². The summed E-state index contributed by atoms with van der Waals surface area (Å²) in [5.74, 6) is 1.47. The fourth-order valence-corrected chi connectivity index (χ4v) is 2.13. The van der Waals surface area contributed by atoms with Gasteiger partial charge in [0.15, 0.2) is 12.4 Å². The molecule has 0 aliphatic carbocycles. The van der Waals surface area contributed by atoms with Crippen LogP contribution in [-0.2, 0) is 6.61 Å². The normalized spacial score (nSPS) is 12.9. The standard InChI is InChI=1S/C9H5BrN2O2S/c10-5-1-2-7-6(3-5)12-8(4-13-7)11-14-9(12)15/h1-3H,4H2. The van der Waals surface area contributed by atoms with Gasteiger partial charge in [0, 0.05) is 4.47 Å². The van der Waals surface area contributed by atoms with Crippen LogP contribution in [0.1, 0.15) is 5.82 Å². The monoisotopic (exact) mass is 284 g/mol. The molecule has 0 saturated carbocycles. The van der Waals surface area contributed by atoms with Gasteiger partial charge in [-0.1, -0.05) is 21.1 Å². The number of rotatable bonds is 0. The third-order valence-corrected chi connectivity index (χ3v) is 2.94. The van der Waals surface area contributed by atoms with Crippen molar-refractivity contribution in [2.75, 3.05) is 0 Å². The predicted octanol–water partition coefficient (Wildman–Crippen LogP) is 2.85. The van der Waals surface area contributed by atoms with Gasteiger partial charge in [0.1, 0.15) is 5.75 Å². The zero-order valence-corrected chi connectivity index (χ0v) is 9.84. The molecule has 1 aromatic heterocycles. The lowest BCUT2D eigenvalue weighted by Gasteiger charge is -2.17. The number of hydrogen-bond donors (Lipinski definition) is 0. The Balaban J connectivity index is 2.36. The zero-order valence-electron chi connectivity index (χ0n) is 7.44. The van der Waals surface area contributed by atoms with E-state index in [1.807, 2.05) is 18.2 Å². The van der Waals surface area contributed by atoms with Gasteiger partial charge in [-0.05, 0) is 30.4 Å². The van der Waals surface area contributed by atoms with Gasteiger partial charge in [-0.25, -0.2) is 4.57 Å². The van der Waals surface area contributed by atoms with Gasteiger partial charge in [-0.15, -0.1) is 0 Å². The molecule has 0 N–H and O–H groups in total. The Morgan fingerprint density at radius 2 is 2.33 bits per heavy atom. The number of aromatic nitrogens is 2. The van der Waals surface area contributed by atoms with Crippen LogP contribution in [0.25, 0.3) is 5.69 Å². The van der Waals surface area contributed by atoms with Crippen LogP contribution in [0.2, 0.25) is 0 Å². The summed E-state index contributed by atoms with van der Waals surface area (Å²) in [5.41, 5.74) is 0.858. The second-order valence-corrected chi connectivity index (χ2v) is 4.37. The van der Waals surface area contributed by atoms with Gasteiger partial charge >= 0.3 is 4.84 Å². The van der Waals surface area contributed by atoms with Crippen molar-refractivity contribution >= 4 is 28.1 Å². The minimum Gasteiger partial charge on any atom is -0.483 e. The summed E-state index contributed by atoms with van der Waals surface area (Å²) in [6, 6.07) is 5.73. The zero-order chi connectivity index (χ0) is 10.4. The minimum atomic E-state index is 0.340. The van der Waals surface area contributed by atoms with Crippen molar-refractivity contribution in [2.45, 2.75) is 6.61 Å². The van der Waals surface area contributed by atoms with Gasteiger partial charge in [-0.2, -0.15) is 0 Å². The van der Waals surface area contributed by atoms with Crippen molar-refractivity contribution in [1.29, 1.82) is 0 Å². The van der Waals surface area contributed by atoms with E-state index in [2.05, 4.69) is 21.1 Å². The van der Waals surface area contributed by atoms with Gasteiger partial charge in [0.2, 0.25) is 0 Å². The van der Waals surface area contributed by atoms with Crippen molar-refractivity contribution in [3.05, 3.63) is 33.3 Å². The van der Waals surface area contributed by atoms with E-state index in [-0.39, 0.29) is 0 Å². The Morgan fingerprint density at radius 3 is 3.20 bits per heavy atom. The van der Waals surface area contributed by atoms with Gasteiger partial charge in [-0.3, -0.25) is 0 Å². The van der Waals surface area contributed by atoms with Crippen molar-refractivity contribution in [3.63, 3.8) is 0 Å². The highest BCUT2D eigenvalue weighted by molar-refractivity contribution is 9.10. The van der Waals surface area contributed by atoms with Crippen LogP contribution in [0.4, 0.5) is 0 Å². The van der Waals surface area contributed by atoms with Crippen LogP contribution < -0.4 is 4.74 Å². The highest BCUT2D eigenvalue weighted by atomic mass is 79.9. The molecule has 1 aliphatic rings. The van der Waals surface area contributed by atoms with Gasteiger partial charge in [0.25, 0.3) is 0 Å². The first-order chi connectivity index (χ1) is 7.25. The molecule has 0 radical (unpaired) electrons. The SMILES string of the molecule is S=c1onc2n1-c1cc(Br)ccc1OC2. The quantitative estimate of drug-likeness (QED) is 0.698. The molecule has 2 aromatic rings. The van der Waals surface area contributed by atoms with E-state index in [1.165, 1.54) is 0 Å². The number of hydrogen-bond acceptors (Lipinski definition) is 4. The lowest BCUT2D eigenvalue weighted by Crippen LogP contribution is -2.13. The Hall–Kier alpha value is -1.14. The largest absolute Gasteiger partial charge is 0.483 e. The number of nitrogens with zero attached hydrogens (tertiary/aromatic N) is 2. The average molecular weight is 285 g/mol. The molecule has 3 rings (SSSR count). The van der Waals surface area contributed by atoms with Crippen LogP contribution in [0.15, 0.2) is 27.2 Å². The van der Waals surface area contributed by atoms with Gasteiger partial charge in [0.05, 0.1) is 5.69 Å². The van der Waals surface area contributed by atoms with Crippen molar-refractivity contribution < 1.29 is 9.26 Å². The summed E-state index contributed by atoms with van der Waals surface area (Å²) in [5, 5.41) is 3.83. The van der Waals surface area contributed by atoms with E-state index < -0.39 is 0 Å². The number of halogens is 1. The average Bonchev–Trinajstić information content (AvgIpc) is 2.60. The summed E-state index contributed by atoms with van der Waals surface area (Å²) >= 11 is 8.46. The minimum absolute atomic E-state index is 0.340. The number of fused-ring (bicyclic) bond motifs is 3. The van der Waals surface area contributed by atoms with Crippen molar-refractivity contribution in [1.82, 2.24) is 9.72 Å². The van der Waals surface area contributed by atoms with E-state index in [0.29, 0.717) is 17.3 Å². The highest BCUT2D eigenvalue weighted by Gasteiger charge is 2.20. The topological polar surface area (TPSA) is 40.2 Å². The molecule has 0 spiro atoms. The molecule has 0 unspecified atom stereocenters. The molecule has 15 heavy (non-hydrogen) atoms. The maximum Gasteiger partial charge on any atom is 0.302 e. The van der Waals surface area contributed by atoms with Crippen LogP contribution in [0.3, 0.4) is 0 Å². The third kappa shape index (κ3) is 1.32. The second kappa shape index (κ2) is 3.18. The molecule has 0 amide bonds. The lowest BCUT2D eigenvalue weighted by atomic mass is 10.2. The van der Waals surface area contributed by atoms with Crippen molar-refractivity contribution in [3.8, 4) is 11.4 Å². The fraction of sp³-hybridized carbons (Fsp3) is 0.111. The molecule has 0 fully saturated rings. The van der Waals surface area contributed by atoms with E-state index in [1.54, 1.807) is 4.57 Å². The summed E-state index contributed by atoms with van der Waals surface area (Å²) in [7, 11) is 0. The first-order valence-electron chi connectivity index (χ1n) is 4.26. The molecule has 76 valence electrons. The smallest absolute Gasteiger partial charge is 0.302 e. The number of benzene rings is 1. The second-order valence-electron chi connectivity index (χ2n) is 3.10. The number of ether oxygens (including phenoxy) is 1. The molecule has 2 heterocycles. The highest BCUT2D eigenvalue weighted by Crippen LogP contribution is 2.31. The molecule has 6 heteroatoms. The maximum absolute atomic E-state index is 5.51. The Kier molecular flexibility index (Phi) is 1.93. The molecule has 0 atom stereocenters. The van der Waals surface area contributed by atoms with Crippen LogP contribution in [-0.4, -0.2) is 9.72 Å². The molecule has 1 aromatic carbocycles. The first-order valence-corrected chi connectivity index (χ1v) is 5.46. The van der Waals surface area contributed by atoms with Crippen molar-refractivity contribution in [2.24, 2.45) is 0 Å². The third-order valence-electron chi connectivity index (χ3n) is 2.19. The van der Waals surface area contributed by atoms with Crippen LogP contribution in [0, 0.1) is 4.84 Å². The molecular weight excluding hydrogens is 280 g/mol. The van der Waals surface area contributed by atoms with Crippen LogP contribution >= 0.6 is 28.1 Å². The molecule has 1 aliphatic heterocycles. The summed E-state index contributed by atoms with van der Waals surface area (Å²) in [6.07, 6.45) is 0. The summed E-state index contributed by atoms with van der Waals surface area (Å²) < 4.78 is 13.2. The Labute approximate surface area is 98.6 Å². The molecule has 0 saturated heterocycles. The Morgan fingerprint density at radius 1 is 1.47 bits per heavy atom. The summed E-state index contributed by atoms with van der Waals surface area (Å²) in [4.78, 5) is 0.340. The molecular formula is C9H5BrN2O2S. The Bertz CT molecular complexity index is 590. The predicted molar refractivity (Wildman–Crippen MR) is 58.7 cm³/mol. The molecule has 4 nitrogen and oxygen atoms in total.